The Morgan fingerprint density at radius 3 is 2.95 bits per heavy atom. The van der Waals surface area contributed by atoms with Gasteiger partial charge in [0.15, 0.2) is 0 Å². The Morgan fingerprint density at radius 2 is 2.30 bits per heavy atom. The molecule has 1 aromatic rings. The molecule has 2 rings (SSSR count). The van der Waals surface area contributed by atoms with Crippen molar-refractivity contribution in [2.24, 2.45) is 0 Å². The summed E-state index contributed by atoms with van der Waals surface area (Å²) in [7, 11) is 0. The predicted molar refractivity (Wildman–Crippen MR) is 82.9 cm³/mol. The highest BCUT2D eigenvalue weighted by molar-refractivity contribution is 7.99. The lowest BCUT2D eigenvalue weighted by Crippen LogP contribution is -2.19. The number of halogens is 1. The van der Waals surface area contributed by atoms with Gasteiger partial charge in [0.1, 0.15) is 5.82 Å². The lowest BCUT2D eigenvalue weighted by molar-refractivity contribution is 0.129. The third-order valence-corrected chi connectivity index (χ3v) is 4.92. The molecule has 1 saturated heterocycles. The molecule has 0 aromatic heterocycles. The van der Waals surface area contributed by atoms with E-state index in [1.165, 1.54) is 4.90 Å². The van der Waals surface area contributed by atoms with Crippen molar-refractivity contribution >= 4 is 11.8 Å². The average Bonchev–Trinajstić information content (AvgIpc) is 2.93. The summed E-state index contributed by atoms with van der Waals surface area (Å²) in [6, 6.07) is 3.82. The second kappa shape index (κ2) is 7.43. The number of hydrogen-bond acceptors (Lipinski definition) is 3. The van der Waals surface area contributed by atoms with Crippen LogP contribution in [0, 0.1) is 12.7 Å². The Kier molecular flexibility index (Phi) is 5.87. The van der Waals surface area contributed by atoms with Crippen LogP contribution in [-0.4, -0.2) is 25.0 Å². The zero-order valence-electron chi connectivity index (χ0n) is 12.5. The van der Waals surface area contributed by atoms with E-state index in [-0.39, 0.29) is 11.9 Å². The fraction of sp³-hybridized carbons (Fsp3) is 0.625. The van der Waals surface area contributed by atoms with Crippen LogP contribution >= 0.6 is 11.8 Å². The molecule has 0 amide bonds. The van der Waals surface area contributed by atoms with E-state index < -0.39 is 0 Å². The summed E-state index contributed by atoms with van der Waals surface area (Å²) in [4.78, 5) is 1.17. The van der Waals surface area contributed by atoms with Gasteiger partial charge in [-0.2, -0.15) is 0 Å². The molecule has 1 aliphatic rings. The van der Waals surface area contributed by atoms with Crippen LogP contribution in [0.2, 0.25) is 0 Å². The number of rotatable bonds is 6. The SMILES string of the molecule is CCNC(C)c1cc(F)c(C)cc1SCC1CCCO1. The lowest BCUT2D eigenvalue weighted by atomic mass is 10.1. The molecule has 0 bridgehead atoms. The Morgan fingerprint density at radius 1 is 1.50 bits per heavy atom. The van der Waals surface area contributed by atoms with Gasteiger partial charge in [0.25, 0.3) is 0 Å². The summed E-state index contributed by atoms with van der Waals surface area (Å²) in [6.45, 7) is 7.75. The highest BCUT2D eigenvalue weighted by atomic mass is 32.2. The fourth-order valence-electron chi connectivity index (χ4n) is 2.51. The van der Waals surface area contributed by atoms with Crippen molar-refractivity contribution in [3.05, 3.63) is 29.1 Å². The Labute approximate surface area is 125 Å². The number of nitrogens with one attached hydrogen (secondary N) is 1. The number of aryl methyl sites for hydroxylation is 1. The van der Waals surface area contributed by atoms with Gasteiger partial charge in [-0.1, -0.05) is 6.92 Å². The highest BCUT2D eigenvalue weighted by Gasteiger charge is 2.18. The predicted octanol–water partition coefficient (Wildman–Crippen LogP) is 4.08. The van der Waals surface area contributed by atoms with E-state index in [4.69, 9.17) is 4.74 Å². The van der Waals surface area contributed by atoms with Crippen LogP contribution in [0.4, 0.5) is 4.39 Å². The average molecular weight is 297 g/mol. The standard InChI is InChI=1S/C16H24FNOS/c1-4-18-12(3)14-9-15(17)11(2)8-16(14)20-10-13-6-5-7-19-13/h8-9,12-13,18H,4-7,10H2,1-3H3. The number of benzene rings is 1. The topological polar surface area (TPSA) is 21.3 Å². The van der Waals surface area contributed by atoms with Crippen molar-refractivity contribution in [1.82, 2.24) is 5.32 Å². The van der Waals surface area contributed by atoms with E-state index in [2.05, 4.69) is 19.2 Å². The third-order valence-electron chi connectivity index (χ3n) is 3.72. The summed E-state index contributed by atoms with van der Waals surface area (Å²) in [5, 5.41) is 3.37. The van der Waals surface area contributed by atoms with Gasteiger partial charge in [-0.25, -0.2) is 4.39 Å². The van der Waals surface area contributed by atoms with Crippen LogP contribution in [0.25, 0.3) is 0 Å². The molecule has 1 heterocycles. The van der Waals surface area contributed by atoms with E-state index in [9.17, 15) is 4.39 Å². The molecule has 0 saturated carbocycles. The molecule has 2 unspecified atom stereocenters. The number of thioether (sulfide) groups is 1. The number of hydrogen-bond donors (Lipinski definition) is 1. The first-order valence-corrected chi connectivity index (χ1v) is 8.38. The summed E-state index contributed by atoms with van der Waals surface area (Å²) < 4.78 is 19.5. The van der Waals surface area contributed by atoms with Gasteiger partial charge in [0.05, 0.1) is 6.10 Å². The highest BCUT2D eigenvalue weighted by Crippen LogP contribution is 2.32. The number of ether oxygens (including phenoxy) is 1. The molecular weight excluding hydrogens is 273 g/mol. The van der Waals surface area contributed by atoms with Gasteiger partial charge in [-0.15, -0.1) is 11.8 Å². The monoisotopic (exact) mass is 297 g/mol. The second-order valence-electron chi connectivity index (χ2n) is 5.36. The molecule has 1 N–H and O–H groups in total. The van der Waals surface area contributed by atoms with Crippen LogP contribution in [0.5, 0.6) is 0 Å². The molecule has 2 atom stereocenters. The van der Waals surface area contributed by atoms with Crippen LogP contribution in [0.1, 0.15) is 43.9 Å². The first-order valence-electron chi connectivity index (χ1n) is 7.39. The zero-order chi connectivity index (χ0) is 14.5. The van der Waals surface area contributed by atoms with Crippen LogP contribution in [-0.2, 0) is 4.74 Å². The molecule has 0 spiro atoms. The maximum atomic E-state index is 13.8. The van der Waals surface area contributed by atoms with Gasteiger partial charge >= 0.3 is 0 Å². The van der Waals surface area contributed by atoms with Gasteiger partial charge in [-0.3, -0.25) is 0 Å². The van der Waals surface area contributed by atoms with E-state index >= 15 is 0 Å². The largest absolute Gasteiger partial charge is 0.377 e. The molecule has 4 heteroatoms. The van der Waals surface area contributed by atoms with Gasteiger partial charge in [-0.05, 0) is 56.5 Å². The quantitative estimate of drug-likeness (QED) is 0.800. The fourth-order valence-corrected chi connectivity index (χ4v) is 3.80. The molecule has 0 radical (unpaired) electrons. The minimum Gasteiger partial charge on any atom is -0.377 e. The van der Waals surface area contributed by atoms with Crippen molar-refractivity contribution in [1.29, 1.82) is 0 Å². The molecule has 20 heavy (non-hydrogen) atoms. The van der Waals surface area contributed by atoms with Crippen molar-refractivity contribution in [3.63, 3.8) is 0 Å². The van der Waals surface area contributed by atoms with Crippen LogP contribution < -0.4 is 5.32 Å². The normalized spacial score (nSPS) is 20.3. The van der Waals surface area contributed by atoms with E-state index in [1.807, 2.05) is 13.0 Å². The van der Waals surface area contributed by atoms with Crippen LogP contribution in [0.15, 0.2) is 17.0 Å². The Hall–Kier alpha value is -0.580. The van der Waals surface area contributed by atoms with Gasteiger partial charge in [0.2, 0.25) is 0 Å². The van der Waals surface area contributed by atoms with Crippen molar-refractivity contribution < 1.29 is 9.13 Å². The zero-order valence-corrected chi connectivity index (χ0v) is 13.4. The van der Waals surface area contributed by atoms with Gasteiger partial charge in [0, 0.05) is 23.3 Å². The minimum atomic E-state index is -0.119. The van der Waals surface area contributed by atoms with E-state index in [1.54, 1.807) is 17.8 Å². The summed E-state index contributed by atoms with van der Waals surface area (Å²) >= 11 is 1.79. The van der Waals surface area contributed by atoms with Crippen LogP contribution in [0.3, 0.4) is 0 Å². The molecule has 112 valence electrons. The van der Waals surface area contributed by atoms with Crippen molar-refractivity contribution in [3.8, 4) is 0 Å². The third kappa shape index (κ3) is 3.96. The Balaban J connectivity index is 2.13. The Bertz CT molecular complexity index is 446. The van der Waals surface area contributed by atoms with E-state index in [0.29, 0.717) is 11.7 Å². The van der Waals surface area contributed by atoms with Crippen molar-refractivity contribution in [2.45, 2.75) is 50.7 Å². The first kappa shape index (κ1) is 15.8. The first-order chi connectivity index (χ1) is 9.61. The smallest absolute Gasteiger partial charge is 0.126 e. The minimum absolute atomic E-state index is 0.119. The molecule has 2 nitrogen and oxygen atoms in total. The lowest BCUT2D eigenvalue weighted by Gasteiger charge is -2.19. The molecular formula is C16H24FNOS. The summed E-state index contributed by atoms with van der Waals surface area (Å²) in [5.41, 5.74) is 1.77. The molecule has 0 aliphatic carbocycles. The van der Waals surface area contributed by atoms with Gasteiger partial charge < -0.3 is 10.1 Å². The maximum absolute atomic E-state index is 13.8. The summed E-state index contributed by atoms with van der Waals surface area (Å²) in [5.74, 6) is 0.836. The van der Waals surface area contributed by atoms with E-state index in [0.717, 1.165) is 37.3 Å². The second-order valence-corrected chi connectivity index (χ2v) is 6.43. The summed E-state index contributed by atoms with van der Waals surface area (Å²) in [6.07, 6.45) is 2.66. The molecule has 1 aromatic carbocycles. The molecule has 1 fully saturated rings. The molecule has 1 aliphatic heterocycles. The maximum Gasteiger partial charge on any atom is 0.126 e. The van der Waals surface area contributed by atoms with Crippen molar-refractivity contribution in [2.75, 3.05) is 18.9 Å².